The highest BCUT2D eigenvalue weighted by atomic mass is 32.2. The summed E-state index contributed by atoms with van der Waals surface area (Å²) in [7, 11) is -3.51. The number of nitrogens with zero attached hydrogens (tertiary/aromatic N) is 2. The molecule has 0 aromatic carbocycles. The molecular weight excluding hydrogens is 296 g/mol. The van der Waals surface area contributed by atoms with Crippen molar-refractivity contribution >= 4 is 21.4 Å². The quantitative estimate of drug-likeness (QED) is 0.823. The topological polar surface area (TPSA) is 98.0 Å². The zero-order chi connectivity index (χ0) is 14.6. The Morgan fingerprint density at radius 1 is 1.30 bits per heavy atom. The van der Waals surface area contributed by atoms with Gasteiger partial charge in [0.25, 0.3) is 0 Å². The van der Waals surface area contributed by atoms with Gasteiger partial charge in [-0.05, 0) is 32.0 Å². The van der Waals surface area contributed by atoms with E-state index in [9.17, 15) is 8.42 Å². The van der Waals surface area contributed by atoms with E-state index in [1.54, 1.807) is 24.5 Å². The van der Waals surface area contributed by atoms with Crippen molar-refractivity contribution in [3.8, 4) is 0 Å². The number of thiophene rings is 1. The van der Waals surface area contributed by atoms with Crippen LogP contribution in [-0.2, 0) is 23.0 Å². The van der Waals surface area contributed by atoms with Gasteiger partial charge in [0.05, 0.1) is 24.1 Å². The summed E-state index contributed by atoms with van der Waals surface area (Å²) in [6.45, 7) is 2.46. The Balaban J connectivity index is 2.04. The lowest BCUT2D eigenvalue weighted by molar-refractivity contribution is 0.582. The van der Waals surface area contributed by atoms with Gasteiger partial charge in [0.1, 0.15) is 4.21 Å². The normalized spacial score (nSPS) is 11.7. The van der Waals surface area contributed by atoms with Gasteiger partial charge < -0.3 is 5.73 Å². The Labute approximate surface area is 122 Å². The molecule has 2 aromatic heterocycles. The van der Waals surface area contributed by atoms with Crippen LogP contribution in [0.5, 0.6) is 0 Å². The van der Waals surface area contributed by atoms with Crippen LogP contribution in [0.15, 0.2) is 28.7 Å². The molecule has 108 valence electrons. The van der Waals surface area contributed by atoms with E-state index in [1.807, 2.05) is 6.92 Å². The molecule has 20 heavy (non-hydrogen) atoms. The van der Waals surface area contributed by atoms with Gasteiger partial charge in [-0.15, -0.1) is 11.3 Å². The molecule has 0 amide bonds. The van der Waals surface area contributed by atoms with Crippen molar-refractivity contribution < 1.29 is 8.42 Å². The van der Waals surface area contributed by atoms with Crippen molar-refractivity contribution in [3.05, 3.63) is 40.8 Å². The van der Waals surface area contributed by atoms with Gasteiger partial charge >= 0.3 is 0 Å². The summed E-state index contributed by atoms with van der Waals surface area (Å²) in [4.78, 5) is 9.14. The molecule has 0 spiro atoms. The molecule has 8 heteroatoms. The van der Waals surface area contributed by atoms with Crippen LogP contribution < -0.4 is 10.5 Å². The standard InChI is InChI=1S/C12H16N4O2S2/c1-9-6-15-10(7-14-9)8-16-20(17,18)12-3-2-11(19-12)4-5-13/h2-3,6-7,16H,4-5,8,13H2,1H3. The second-order valence-electron chi connectivity index (χ2n) is 4.23. The summed E-state index contributed by atoms with van der Waals surface area (Å²) in [6.07, 6.45) is 3.85. The maximum absolute atomic E-state index is 12.1. The van der Waals surface area contributed by atoms with Crippen molar-refractivity contribution in [3.63, 3.8) is 0 Å². The van der Waals surface area contributed by atoms with Crippen LogP contribution in [0.4, 0.5) is 0 Å². The van der Waals surface area contributed by atoms with Gasteiger partial charge in [-0.3, -0.25) is 9.97 Å². The molecule has 2 heterocycles. The third-order valence-corrected chi connectivity index (χ3v) is 5.61. The van der Waals surface area contributed by atoms with E-state index in [0.29, 0.717) is 22.9 Å². The first kappa shape index (κ1) is 15.0. The lowest BCUT2D eigenvalue weighted by Gasteiger charge is -2.04. The Bertz CT molecular complexity index is 665. The minimum atomic E-state index is -3.51. The summed E-state index contributed by atoms with van der Waals surface area (Å²) in [5, 5.41) is 0. The molecule has 2 rings (SSSR count). The van der Waals surface area contributed by atoms with E-state index in [4.69, 9.17) is 5.73 Å². The fraction of sp³-hybridized carbons (Fsp3) is 0.333. The second kappa shape index (κ2) is 6.40. The zero-order valence-electron chi connectivity index (χ0n) is 11.0. The van der Waals surface area contributed by atoms with Crippen LogP contribution >= 0.6 is 11.3 Å². The first-order chi connectivity index (χ1) is 9.51. The molecule has 0 radical (unpaired) electrons. The zero-order valence-corrected chi connectivity index (χ0v) is 12.7. The molecule has 0 aliphatic rings. The van der Waals surface area contributed by atoms with Crippen molar-refractivity contribution in [1.82, 2.24) is 14.7 Å². The number of rotatable bonds is 6. The fourth-order valence-corrected chi connectivity index (χ4v) is 3.94. The molecule has 0 bridgehead atoms. The summed E-state index contributed by atoms with van der Waals surface area (Å²) < 4.78 is 27.0. The van der Waals surface area contributed by atoms with Gasteiger partial charge in [-0.1, -0.05) is 0 Å². The molecule has 0 saturated carbocycles. The van der Waals surface area contributed by atoms with Crippen molar-refractivity contribution in [2.75, 3.05) is 6.54 Å². The molecule has 0 unspecified atom stereocenters. The molecule has 3 N–H and O–H groups in total. The fourth-order valence-electron chi connectivity index (χ4n) is 1.53. The summed E-state index contributed by atoms with van der Waals surface area (Å²) in [6, 6.07) is 3.39. The highest BCUT2D eigenvalue weighted by Gasteiger charge is 2.16. The molecule has 0 atom stereocenters. The number of nitrogens with two attached hydrogens (primary N) is 1. The van der Waals surface area contributed by atoms with Crippen LogP contribution in [-0.4, -0.2) is 24.9 Å². The van der Waals surface area contributed by atoms with Crippen LogP contribution in [0.3, 0.4) is 0 Å². The summed E-state index contributed by atoms with van der Waals surface area (Å²) in [5.41, 5.74) is 6.83. The minimum absolute atomic E-state index is 0.125. The summed E-state index contributed by atoms with van der Waals surface area (Å²) in [5.74, 6) is 0. The molecule has 0 aliphatic carbocycles. The molecular formula is C12H16N4O2S2. The Hall–Kier alpha value is -1.35. The largest absolute Gasteiger partial charge is 0.330 e. The van der Waals surface area contributed by atoms with E-state index in [2.05, 4.69) is 14.7 Å². The monoisotopic (exact) mass is 312 g/mol. The Morgan fingerprint density at radius 2 is 2.10 bits per heavy atom. The second-order valence-corrected chi connectivity index (χ2v) is 7.40. The molecule has 2 aromatic rings. The van der Waals surface area contributed by atoms with E-state index >= 15 is 0 Å². The third kappa shape index (κ3) is 3.83. The van der Waals surface area contributed by atoms with E-state index in [1.165, 1.54) is 11.3 Å². The number of hydrogen-bond donors (Lipinski definition) is 2. The van der Waals surface area contributed by atoms with Crippen LogP contribution in [0.2, 0.25) is 0 Å². The Kier molecular flexibility index (Phi) is 4.81. The molecule has 6 nitrogen and oxygen atoms in total. The first-order valence-corrected chi connectivity index (χ1v) is 8.37. The number of nitrogens with one attached hydrogen (secondary N) is 1. The SMILES string of the molecule is Cc1cnc(CNS(=O)(=O)c2ccc(CCN)s2)cn1. The number of hydrogen-bond acceptors (Lipinski definition) is 6. The maximum atomic E-state index is 12.1. The molecule has 0 aliphatic heterocycles. The maximum Gasteiger partial charge on any atom is 0.250 e. The predicted molar refractivity (Wildman–Crippen MR) is 77.9 cm³/mol. The van der Waals surface area contributed by atoms with Gasteiger partial charge in [0, 0.05) is 11.1 Å². The lowest BCUT2D eigenvalue weighted by Crippen LogP contribution is -2.23. The number of aryl methyl sites for hydroxylation is 1. The summed E-state index contributed by atoms with van der Waals surface area (Å²) >= 11 is 1.24. The minimum Gasteiger partial charge on any atom is -0.330 e. The number of aromatic nitrogens is 2. The van der Waals surface area contributed by atoms with Gasteiger partial charge in [0.15, 0.2) is 0 Å². The van der Waals surface area contributed by atoms with E-state index in [0.717, 1.165) is 10.6 Å². The third-order valence-electron chi connectivity index (χ3n) is 2.57. The first-order valence-electron chi connectivity index (χ1n) is 6.07. The van der Waals surface area contributed by atoms with Crippen LogP contribution in [0.25, 0.3) is 0 Å². The molecule has 0 fully saturated rings. The van der Waals surface area contributed by atoms with Crippen molar-refractivity contribution in [1.29, 1.82) is 0 Å². The number of sulfonamides is 1. The van der Waals surface area contributed by atoms with Crippen LogP contribution in [0.1, 0.15) is 16.3 Å². The van der Waals surface area contributed by atoms with Crippen LogP contribution in [0, 0.1) is 6.92 Å². The van der Waals surface area contributed by atoms with E-state index < -0.39 is 10.0 Å². The average Bonchev–Trinajstić information content (AvgIpc) is 2.88. The van der Waals surface area contributed by atoms with Gasteiger partial charge in [0.2, 0.25) is 10.0 Å². The van der Waals surface area contributed by atoms with E-state index in [-0.39, 0.29) is 6.54 Å². The average molecular weight is 312 g/mol. The predicted octanol–water partition coefficient (Wildman–Crippen LogP) is 0.826. The highest BCUT2D eigenvalue weighted by molar-refractivity contribution is 7.91. The highest BCUT2D eigenvalue weighted by Crippen LogP contribution is 2.21. The van der Waals surface area contributed by atoms with Gasteiger partial charge in [-0.2, -0.15) is 0 Å². The van der Waals surface area contributed by atoms with Gasteiger partial charge in [-0.25, -0.2) is 13.1 Å². The Morgan fingerprint density at radius 3 is 2.75 bits per heavy atom. The smallest absolute Gasteiger partial charge is 0.250 e. The molecule has 0 saturated heterocycles. The van der Waals surface area contributed by atoms with Crippen molar-refractivity contribution in [2.24, 2.45) is 5.73 Å². The lowest BCUT2D eigenvalue weighted by atomic mass is 10.3. The van der Waals surface area contributed by atoms with Crippen molar-refractivity contribution in [2.45, 2.75) is 24.1 Å².